The highest BCUT2D eigenvalue weighted by molar-refractivity contribution is 6.29. The summed E-state index contributed by atoms with van der Waals surface area (Å²) in [5.74, 6) is 1.84. The molecular formula is C25H28ClN9O3. The van der Waals surface area contributed by atoms with Crippen molar-refractivity contribution >= 4 is 23.1 Å². The number of pyridine rings is 1. The zero-order chi connectivity index (χ0) is 26.7. The smallest absolute Gasteiger partial charge is 0.232 e. The predicted octanol–water partition coefficient (Wildman–Crippen LogP) is 3.26. The first-order valence-electron chi connectivity index (χ1n) is 12.0. The molecule has 0 radical (unpaired) electrons. The molecule has 198 valence electrons. The van der Waals surface area contributed by atoms with Crippen LogP contribution in [-0.2, 0) is 11.8 Å². The summed E-state index contributed by atoms with van der Waals surface area (Å²) in [7, 11) is 1.80. The zero-order valence-corrected chi connectivity index (χ0v) is 22.0. The van der Waals surface area contributed by atoms with Crippen molar-refractivity contribution in [1.29, 1.82) is 0 Å². The van der Waals surface area contributed by atoms with Crippen molar-refractivity contribution < 1.29 is 14.2 Å². The number of halogens is 1. The Morgan fingerprint density at radius 1 is 1.13 bits per heavy atom. The minimum atomic E-state index is -0.292. The van der Waals surface area contributed by atoms with E-state index in [4.69, 9.17) is 31.5 Å². The minimum Gasteiger partial charge on any atom is -0.477 e. The van der Waals surface area contributed by atoms with Gasteiger partial charge in [0.25, 0.3) is 0 Å². The summed E-state index contributed by atoms with van der Waals surface area (Å²) >= 11 is 6.22. The molecule has 1 fully saturated rings. The van der Waals surface area contributed by atoms with E-state index in [1.54, 1.807) is 54.8 Å². The molecule has 5 heterocycles. The van der Waals surface area contributed by atoms with Crippen molar-refractivity contribution in [1.82, 2.24) is 34.7 Å². The summed E-state index contributed by atoms with van der Waals surface area (Å²) in [6.07, 6.45) is 8.22. The molecule has 4 aromatic heterocycles. The van der Waals surface area contributed by atoms with Crippen molar-refractivity contribution in [3.63, 3.8) is 0 Å². The maximum atomic E-state index is 6.22. The van der Waals surface area contributed by atoms with Crippen molar-refractivity contribution in [2.24, 2.45) is 12.5 Å². The minimum absolute atomic E-state index is 0.0230. The maximum Gasteiger partial charge on any atom is 0.232 e. The number of hydrogen-bond acceptors (Lipinski definition) is 11. The Bertz CT molecular complexity index is 1410. The van der Waals surface area contributed by atoms with Crippen LogP contribution in [0.4, 0.5) is 11.5 Å². The van der Waals surface area contributed by atoms with Crippen LogP contribution in [0, 0.1) is 5.41 Å². The Balaban J connectivity index is 1.26. The van der Waals surface area contributed by atoms with Gasteiger partial charge in [-0.2, -0.15) is 5.10 Å². The van der Waals surface area contributed by atoms with Gasteiger partial charge < -0.3 is 25.3 Å². The van der Waals surface area contributed by atoms with E-state index in [0.717, 1.165) is 11.3 Å². The molecule has 1 saturated heterocycles. The molecule has 0 bridgehead atoms. The number of ether oxygens (including phenoxy) is 3. The molecule has 0 saturated carbocycles. The van der Waals surface area contributed by atoms with E-state index < -0.39 is 0 Å². The van der Waals surface area contributed by atoms with Gasteiger partial charge in [0.2, 0.25) is 11.8 Å². The monoisotopic (exact) mass is 537 g/mol. The van der Waals surface area contributed by atoms with Crippen LogP contribution in [-0.4, -0.2) is 67.2 Å². The summed E-state index contributed by atoms with van der Waals surface area (Å²) in [5.41, 5.74) is 8.40. The molecule has 0 amide bonds. The second-order valence-electron chi connectivity index (χ2n) is 9.67. The van der Waals surface area contributed by atoms with E-state index in [9.17, 15) is 0 Å². The lowest BCUT2D eigenvalue weighted by molar-refractivity contribution is -0.0814. The van der Waals surface area contributed by atoms with Crippen LogP contribution < -0.4 is 20.5 Å². The third-order valence-corrected chi connectivity index (χ3v) is 6.04. The average molecular weight is 538 g/mol. The van der Waals surface area contributed by atoms with Crippen molar-refractivity contribution in [2.45, 2.75) is 20.0 Å². The van der Waals surface area contributed by atoms with E-state index in [1.165, 1.54) is 0 Å². The highest BCUT2D eigenvalue weighted by Crippen LogP contribution is 2.31. The standard InChI is InChI=1S/C25H28ClN9O3/c1-25(2,14-37-24-17(8-33-35(24)3)23-28-5-4-21(27)34-23)13-32-18-6-20(26)30-7-16(18)19-9-31-22(10-29-19)38-15-11-36-12-15/h4-10,15H,11-14H2,1-3H3,(H,30,32)(H2,27,28,34). The van der Waals surface area contributed by atoms with E-state index in [-0.39, 0.29) is 11.5 Å². The normalized spacial score (nSPS) is 13.7. The summed E-state index contributed by atoms with van der Waals surface area (Å²) in [6, 6.07) is 3.40. The van der Waals surface area contributed by atoms with Crippen LogP contribution in [0.15, 0.2) is 43.1 Å². The molecule has 0 aliphatic carbocycles. The van der Waals surface area contributed by atoms with Gasteiger partial charge in [-0.25, -0.2) is 29.6 Å². The van der Waals surface area contributed by atoms with Crippen LogP contribution in [0.25, 0.3) is 22.6 Å². The third-order valence-electron chi connectivity index (χ3n) is 5.83. The number of nitrogens with zero attached hydrogens (tertiary/aromatic N) is 7. The highest BCUT2D eigenvalue weighted by Gasteiger charge is 2.24. The topological polar surface area (TPSA) is 148 Å². The summed E-state index contributed by atoms with van der Waals surface area (Å²) in [6.45, 7) is 6.26. The number of hydrogen-bond donors (Lipinski definition) is 2. The molecular weight excluding hydrogens is 510 g/mol. The molecule has 38 heavy (non-hydrogen) atoms. The fraction of sp³-hybridized carbons (Fsp3) is 0.360. The highest BCUT2D eigenvalue weighted by atomic mass is 35.5. The first kappa shape index (κ1) is 25.6. The predicted molar refractivity (Wildman–Crippen MR) is 142 cm³/mol. The van der Waals surface area contributed by atoms with Gasteiger partial charge in [0.05, 0.1) is 44.1 Å². The molecule has 1 aliphatic heterocycles. The van der Waals surface area contributed by atoms with Crippen LogP contribution in [0.5, 0.6) is 11.8 Å². The van der Waals surface area contributed by atoms with E-state index in [0.29, 0.717) is 66.2 Å². The average Bonchev–Trinajstić information content (AvgIpc) is 3.25. The SMILES string of the molecule is Cn1ncc(-c2nccc(N)n2)c1OCC(C)(C)CNc1cc(Cl)ncc1-c1cnc(OC2COC2)cn1. The van der Waals surface area contributed by atoms with E-state index in [1.807, 2.05) is 0 Å². The van der Waals surface area contributed by atoms with Crippen molar-refractivity contribution in [3.8, 4) is 34.4 Å². The zero-order valence-electron chi connectivity index (χ0n) is 21.3. The molecule has 0 unspecified atom stereocenters. The Labute approximate surface area is 224 Å². The van der Waals surface area contributed by atoms with Crippen LogP contribution in [0.2, 0.25) is 5.15 Å². The van der Waals surface area contributed by atoms with Gasteiger partial charge in [0, 0.05) is 42.7 Å². The summed E-state index contributed by atoms with van der Waals surface area (Å²) in [4.78, 5) is 21.7. The van der Waals surface area contributed by atoms with Gasteiger partial charge in [0.15, 0.2) is 5.82 Å². The number of anilines is 2. The second kappa shape index (κ2) is 10.8. The van der Waals surface area contributed by atoms with Crippen LogP contribution in [0.3, 0.4) is 0 Å². The summed E-state index contributed by atoms with van der Waals surface area (Å²) in [5, 5.41) is 8.15. The number of aromatic nitrogens is 7. The second-order valence-corrected chi connectivity index (χ2v) is 10.1. The number of nitrogens with one attached hydrogen (secondary N) is 1. The first-order valence-corrected chi connectivity index (χ1v) is 12.4. The van der Waals surface area contributed by atoms with Gasteiger partial charge in [-0.15, -0.1) is 0 Å². The van der Waals surface area contributed by atoms with E-state index in [2.05, 4.69) is 49.2 Å². The third kappa shape index (κ3) is 5.92. The molecule has 0 spiro atoms. The first-order chi connectivity index (χ1) is 18.3. The lowest BCUT2D eigenvalue weighted by Crippen LogP contribution is -2.38. The quantitative estimate of drug-likeness (QED) is 0.287. The number of nitrogen functional groups attached to an aromatic ring is 1. The van der Waals surface area contributed by atoms with Gasteiger partial charge in [-0.1, -0.05) is 25.4 Å². The molecule has 0 aromatic carbocycles. The van der Waals surface area contributed by atoms with Gasteiger partial charge >= 0.3 is 0 Å². The molecule has 1 aliphatic rings. The van der Waals surface area contributed by atoms with Crippen molar-refractivity contribution in [2.75, 3.05) is 37.4 Å². The Hall–Kier alpha value is -4.03. The Morgan fingerprint density at radius 3 is 2.68 bits per heavy atom. The van der Waals surface area contributed by atoms with Gasteiger partial charge in [-0.3, -0.25) is 0 Å². The van der Waals surface area contributed by atoms with Gasteiger partial charge in [-0.05, 0) is 12.1 Å². The molecule has 13 heteroatoms. The molecule has 12 nitrogen and oxygen atoms in total. The molecule has 3 N–H and O–H groups in total. The van der Waals surface area contributed by atoms with Crippen LogP contribution in [0.1, 0.15) is 13.8 Å². The van der Waals surface area contributed by atoms with E-state index >= 15 is 0 Å². The lowest BCUT2D eigenvalue weighted by Gasteiger charge is -2.26. The summed E-state index contributed by atoms with van der Waals surface area (Å²) < 4.78 is 18.7. The van der Waals surface area contributed by atoms with Crippen molar-refractivity contribution in [3.05, 3.63) is 48.3 Å². The largest absolute Gasteiger partial charge is 0.477 e. The number of rotatable bonds is 10. The Kier molecular flexibility index (Phi) is 7.25. The maximum absolute atomic E-state index is 6.22. The number of aryl methyl sites for hydroxylation is 1. The number of nitrogens with two attached hydrogens (primary N) is 1. The van der Waals surface area contributed by atoms with Gasteiger partial charge in [0.1, 0.15) is 22.6 Å². The van der Waals surface area contributed by atoms with Crippen LogP contribution >= 0.6 is 11.6 Å². The molecule has 5 rings (SSSR count). The fourth-order valence-electron chi connectivity index (χ4n) is 3.65. The molecule has 0 atom stereocenters. The Morgan fingerprint density at radius 2 is 1.97 bits per heavy atom. The fourth-order valence-corrected chi connectivity index (χ4v) is 3.81. The molecule has 4 aromatic rings. The lowest BCUT2D eigenvalue weighted by atomic mass is 9.94.